The van der Waals surface area contributed by atoms with Gasteiger partial charge in [-0.3, -0.25) is 4.79 Å². The van der Waals surface area contributed by atoms with Crippen molar-refractivity contribution in [1.82, 2.24) is 5.32 Å². The molecule has 0 amide bonds. The van der Waals surface area contributed by atoms with Gasteiger partial charge in [0.15, 0.2) is 0 Å². The molecule has 0 bridgehead atoms. The molecular weight excluding hydrogens is 134 g/mol. The molecule has 1 unspecified atom stereocenters. The third-order valence-electron chi connectivity index (χ3n) is 1.24. The number of likely N-dealkylation sites (N-methyl/N-ethyl adjacent to an activating group) is 1. The van der Waals surface area contributed by atoms with Gasteiger partial charge in [-0.15, -0.1) is 0 Å². The number of thioether (sulfide) groups is 1. The van der Waals surface area contributed by atoms with Gasteiger partial charge in [-0.1, -0.05) is 18.7 Å². The topological polar surface area (TPSA) is 29.1 Å². The van der Waals surface area contributed by atoms with Gasteiger partial charge in [0.2, 0.25) is 5.12 Å². The lowest BCUT2D eigenvalue weighted by atomic mass is 10.2. The summed E-state index contributed by atoms with van der Waals surface area (Å²) in [7, 11) is 1.81. The molecule has 0 fully saturated rings. The van der Waals surface area contributed by atoms with Crippen LogP contribution in [-0.2, 0) is 4.79 Å². The summed E-state index contributed by atoms with van der Waals surface area (Å²) in [4.78, 5) is 10.9. The summed E-state index contributed by atoms with van der Waals surface area (Å²) in [6.07, 6.45) is 2.68. The largest absolute Gasteiger partial charge is 0.310 e. The highest BCUT2D eigenvalue weighted by molar-refractivity contribution is 8.13. The van der Waals surface area contributed by atoms with E-state index in [0.29, 0.717) is 0 Å². The van der Waals surface area contributed by atoms with Gasteiger partial charge in [-0.2, -0.15) is 0 Å². The maximum Gasteiger partial charge on any atom is 0.205 e. The van der Waals surface area contributed by atoms with Gasteiger partial charge in [-0.05, 0) is 19.7 Å². The minimum absolute atomic E-state index is 0.0417. The van der Waals surface area contributed by atoms with E-state index in [0.717, 1.165) is 6.42 Å². The summed E-state index contributed by atoms with van der Waals surface area (Å²) in [5.41, 5.74) is 0. The predicted molar refractivity (Wildman–Crippen MR) is 41.7 cm³/mol. The molecule has 0 aliphatic carbocycles. The van der Waals surface area contributed by atoms with E-state index in [1.807, 2.05) is 20.2 Å². The van der Waals surface area contributed by atoms with Gasteiger partial charge >= 0.3 is 0 Å². The van der Waals surface area contributed by atoms with E-state index in [1.165, 1.54) is 11.8 Å². The van der Waals surface area contributed by atoms with Crippen molar-refractivity contribution in [2.45, 2.75) is 19.4 Å². The van der Waals surface area contributed by atoms with E-state index >= 15 is 0 Å². The summed E-state index contributed by atoms with van der Waals surface area (Å²) in [5, 5.41) is 3.15. The quantitative estimate of drug-likeness (QED) is 0.642. The van der Waals surface area contributed by atoms with Crippen molar-refractivity contribution in [3.05, 3.63) is 0 Å². The van der Waals surface area contributed by atoms with Gasteiger partial charge in [0.25, 0.3) is 0 Å². The minimum Gasteiger partial charge on any atom is -0.310 e. The van der Waals surface area contributed by atoms with Crippen molar-refractivity contribution in [2.75, 3.05) is 13.3 Å². The first-order valence-corrected chi connectivity index (χ1v) is 4.23. The van der Waals surface area contributed by atoms with E-state index in [-0.39, 0.29) is 11.2 Å². The molecule has 0 saturated carbocycles. The Morgan fingerprint density at radius 3 is 2.44 bits per heavy atom. The van der Waals surface area contributed by atoms with Crippen LogP contribution in [0.15, 0.2) is 0 Å². The molecule has 0 saturated heterocycles. The third kappa shape index (κ3) is 2.87. The molecular formula is C6H13NOS. The number of carbonyl (C=O) groups is 1. The number of carbonyl (C=O) groups excluding carboxylic acids is 1. The standard InChI is InChI=1S/C6H13NOS/c1-4-5(7-2)6(8)9-3/h5,7H,4H2,1-3H3. The number of rotatable bonds is 3. The molecule has 0 aromatic rings. The molecule has 0 rings (SSSR count). The maximum absolute atomic E-state index is 10.9. The molecule has 9 heavy (non-hydrogen) atoms. The second-order valence-electron chi connectivity index (χ2n) is 1.77. The van der Waals surface area contributed by atoms with Crippen molar-refractivity contribution in [1.29, 1.82) is 0 Å². The highest BCUT2D eigenvalue weighted by Gasteiger charge is 2.10. The fourth-order valence-corrected chi connectivity index (χ4v) is 1.20. The maximum atomic E-state index is 10.9. The Labute approximate surface area is 60.4 Å². The van der Waals surface area contributed by atoms with Crippen LogP contribution >= 0.6 is 11.8 Å². The summed E-state index contributed by atoms with van der Waals surface area (Å²) >= 11 is 1.28. The van der Waals surface area contributed by atoms with Crippen LogP contribution in [0.4, 0.5) is 0 Å². The van der Waals surface area contributed by atoms with E-state index in [9.17, 15) is 4.79 Å². The average Bonchev–Trinajstić information content (AvgIpc) is 1.90. The van der Waals surface area contributed by atoms with Crippen LogP contribution in [0.25, 0.3) is 0 Å². The Morgan fingerprint density at radius 1 is 1.78 bits per heavy atom. The van der Waals surface area contributed by atoms with E-state index < -0.39 is 0 Å². The molecule has 54 valence electrons. The first-order chi connectivity index (χ1) is 4.26. The monoisotopic (exact) mass is 147 g/mol. The van der Waals surface area contributed by atoms with Crippen molar-refractivity contribution in [2.24, 2.45) is 0 Å². The number of hydrogen-bond donors (Lipinski definition) is 1. The Kier molecular flexibility index (Phi) is 4.81. The van der Waals surface area contributed by atoms with Gasteiger partial charge in [0, 0.05) is 0 Å². The Bertz CT molecular complexity index is 91.1. The summed E-state index contributed by atoms with van der Waals surface area (Å²) in [6.45, 7) is 2.00. The lowest BCUT2D eigenvalue weighted by Crippen LogP contribution is -2.30. The van der Waals surface area contributed by atoms with E-state index in [4.69, 9.17) is 0 Å². The molecule has 0 radical (unpaired) electrons. The second-order valence-corrected chi connectivity index (χ2v) is 2.58. The first-order valence-electron chi connectivity index (χ1n) is 3.01. The zero-order chi connectivity index (χ0) is 7.28. The zero-order valence-corrected chi connectivity index (χ0v) is 6.92. The molecule has 0 aromatic carbocycles. The Hall–Kier alpha value is -0.0200. The Balaban J connectivity index is 3.64. The molecule has 1 N–H and O–H groups in total. The van der Waals surface area contributed by atoms with Gasteiger partial charge < -0.3 is 5.32 Å². The highest BCUT2D eigenvalue weighted by Crippen LogP contribution is 2.02. The van der Waals surface area contributed by atoms with Gasteiger partial charge in [0.05, 0.1) is 6.04 Å². The average molecular weight is 147 g/mol. The molecule has 2 nitrogen and oxygen atoms in total. The zero-order valence-electron chi connectivity index (χ0n) is 6.10. The minimum atomic E-state index is 0.0417. The summed E-state index contributed by atoms with van der Waals surface area (Å²) in [6, 6.07) is 0.0417. The molecule has 1 atom stereocenters. The fourth-order valence-electron chi connectivity index (χ4n) is 0.631. The van der Waals surface area contributed by atoms with Crippen molar-refractivity contribution >= 4 is 16.9 Å². The van der Waals surface area contributed by atoms with Crippen LogP contribution in [0.1, 0.15) is 13.3 Å². The predicted octanol–water partition coefficient (Wildman–Crippen LogP) is 0.874. The Morgan fingerprint density at radius 2 is 2.33 bits per heavy atom. The molecule has 0 heterocycles. The van der Waals surface area contributed by atoms with Crippen LogP contribution in [0.3, 0.4) is 0 Å². The summed E-state index contributed by atoms with van der Waals surface area (Å²) < 4.78 is 0. The normalized spacial score (nSPS) is 13.2. The SMILES string of the molecule is CCC(NC)C(=O)SC. The third-order valence-corrected chi connectivity index (χ3v) is 1.93. The van der Waals surface area contributed by atoms with Crippen molar-refractivity contribution < 1.29 is 4.79 Å². The van der Waals surface area contributed by atoms with Crippen molar-refractivity contribution in [3.63, 3.8) is 0 Å². The van der Waals surface area contributed by atoms with E-state index in [2.05, 4.69) is 5.32 Å². The second kappa shape index (κ2) is 4.82. The van der Waals surface area contributed by atoms with Crippen LogP contribution in [0.5, 0.6) is 0 Å². The smallest absolute Gasteiger partial charge is 0.205 e. The summed E-state index contributed by atoms with van der Waals surface area (Å²) in [5.74, 6) is 0. The number of hydrogen-bond acceptors (Lipinski definition) is 3. The van der Waals surface area contributed by atoms with E-state index in [1.54, 1.807) is 0 Å². The molecule has 3 heteroatoms. The van der Waals surface area contributed by atoms with Gasteiger partial charge in [-0.25, -0.2) is 0 Å². The number of nitrogens with one attached hydrogen (secondary N) is 1. The lowest BCUT2D eigenvalue weighted by molar-refractivity contribution is -0.112. The fraction of sp³-hybridized carbons (Fsp3) is 0.833. The molecule has 0 spiro atoms. The molecule has 0 aliphatic heterocycles. The van der Waals surface area contributed by atoms with Gasteiger partial charge in [0.1, 0.15) is 0 Å². The highest BCUT2D eigenvalue weighted by atomic mass is 32.2. The molecule has 0 aromatic heterocycles. The first kappa shape index (κ1) is 8.98. The molecule has 0 aliphatic rings. The van der Waals surface area contributed by atoms with Crippen LogP contribution in [0, 0.1) is 0 Å². The van der Waals surface area contributed by atoms with Crippen LogP contribution in [0.2, 0.25) is 0 Å². The van der Waals surface area contributed by atoms with Crippen LogP contribution in [-0.4, -0.2) is 24.5 Å². The van der Waals surface area contributed by atoms with Crippen LogP contribution < -0.4 is 5.32 Å². The van der Waals surface area contributed by atoms with Crippen molar-refractivity contribution in [3.8, 4) is 0 Å². The lowest BCUT2D eigenvalue weighted by Gasteiger charge is -2.08.